The van der Waals surface area contributed by atoms with Gasteiger partial charge in [-0.15, -0.1) is 0 Å². The summed E-state index contributed by atoms with van der Waals surface area (Å²) in [7, 11) is 1.81. The van der Waals surface area contributed by atoms with Crippen molar-refractivity contribution in [3.8, 4) is 0 Å². The molecule has 0 saturated carbocycles. The van der Waals surface area contributed by atoms with Gasteiger partial charge in [0.05, 0.1) is 6.54 Å². The highest BCUT2D eigenvalue weighted by molar-refractivity contribution is 9.10. The van der Waals surface area contributed by atoms with Crippen LogP contribution in [0.3, 0.4) is 0 Å². The van der Waals surface area contributed by atoms with Gasteiger partial charge < -0.3 is 14.6 Å². The van der Waals surface area contributed by atoms with Gasteiger partial charge in [-0.3, -0.25) is 4.79 Å². The molecular formula is C20H17BrN4O2. The molecule has 0 spiro atoms. The van der Waals surface area contributed by atoms with Crippen LogP contribution in [0.2, 0.25) is 0 Å². The van der Waals surface area contributed by atoms with E-state index >= 15 is 0 Å². The van der Waals surface area contributed by atoms with E-state index in [-0.39, 0.29) is 12.5 Å². The number of aryl methyl sites for hydroxylation is 1. The molecule has 0 aliphatic carbocycles. The summed E-state index contributed by atoms with van der Waals surface area (Å²) in [5.74, 6) is 0.449. The largest absolute Gasteiger partial charge is 0.450 e. The van der Waals surface area contributed by atoms with Crippen molar-refractivity contribution in [2.24, 2.45) is 0 Å². The van der Waals surface area contributed by atoms with Crippen molar-refractivity contribution in [1.29, 1.82) is 0 Å². The first kappa shape index (κ1) is 17.5. The van der Waals surface area contributed by atoms with E-state index in [1.54, 1.807) is 4.90 Å². The van der Waals surface area contributed by atoms with Gasteiger partial charge in [-0.05, 0) is 42.8 Å². The number of carbonyl (C=O) groups excluding carboxylic acids is 1. The number of para-hydroxylation sites is 1. The number of fused-ring (bicyclic) bond motifs is 3. The molecule has 27 heavy (non-hydrogen) atoms. The molecule has 2 heterocycles. The first-order chi connectivity index (χ1) is 13.0. The summed E-state index contributed by atoms with van der Waals surface area (Å²) < 4.78 is 6.91. The van der Waals surface area contributed by atoms with E-state index in [1.165, 1.54) is 6.33 Å². The Morgan fingerprint density at radius 2 is 2.04 bits per heavy atom. The van der Waals surface area contributed by atoms with Crippen LogP contribution >= 0.6 is 15.9 Å². The molecular weight excluding hydrogens is 408 g/mol. The monoisotopic (exact) mass is 424 g/mol. The molecule has 1 amide bonds. The van der Waals surface area contributed by atoms with E-state index in [1.807, 2.05) is 56.4 Å². The van der Waals surface area contributed by atoms with E-state index < -0.39 is 0 Å². The Morgan fingerprint density at radius 3 is 2.85 bits per heavy atom. The fraction of sp³-hybridized carbons (Fsp3) is 0.150. The average molecular weight is 425 g/mol. The molecule has 136 valence electrons. The maximum absolute atomic E-state index is 12.5. The number of anilines is 2. The highest BCUT2D eigenvalue weighted by Gasteiger charge is 2.17. The highest BCUT2D eigenvalue weighted by Crippen LogP contribution is 2.31. The van der Waals surface area contributed by atoms with Gasteiger partial charge in [0, 0.05) is 22.6 Å². The van der Waals surface area contributed by atoms with E-state index in [0.29, 0.717) is 11.4 Å². The zero-order chi connectivity index (χ0) is 19.0. The fourth-order valence-electron chi connectivity index (χ4n) is 3.03. The number of rotatable bonds is 4. The van der Waals surface area contributed by atoms with Crippen molar-refractivity contribution in [3.63, 3.8) is 0 Å². The van der Waals surface area contributed by atoms with Crippen LogP contribution in [0.1, 0.15) is 5.56 Å². The minimum Gasteiger partial charge on any atom is -0.450 e. The van der Waals surface area contributed by atoms with Crippen LogP contribution in [0.4, 0.5) is 11.5 Å². The van der Waals surface area contributed by atoms with Gasteiger partial charge in [0.25, 0.3) is 0 Å². The Balaban J connectivity index is 1.59. The molecule has 0 fully saturated rings. The number of halogens is 1. The van der Waals surface area contributed by atoms with E-state index in [4.69, 9.17) is 4.42 Å². The van der Waals surface area contributed by atoms with E-state index in [2.05, 4.69) is 31.2 Å². The lowest BCUT2D eigenvalue weighted by atomic mass is 10.2. The van der Waals surface area contributed by atoms with Crippen LogP contribution in [-0.2, 0) is 4.79 Å². The standard InChI is InChI=1S/C20H17BrN4O2/c1-12-9-13(21)7-8-15(12)24-17(26)10-25(2)20-19-18(22-11-23-20)14-5-3-4-6-16(14)27-19/h3-9,11H,10H2,1-2H3,(H,24,26). The second-order valence-corrected chi connectivity index (χ2v) is 7.25. The Labute approximate surface area is 164 Å². The number of nitrogens with one attached hydrogen (secondary N) is 1. The summed E-state index contributed by atoms with van der Waals surface area (Å²) in [5.41, 5.74) is 3.84. The first-order valence-electron chi connectivity index (χ1n) is 8.42. The quantitative estimate of drug-likeness (QED) is 0.521. The number of carbonyl (C=O) groups is 1. The predicted octanol–water partition coefficient (Wildman–Crippen LogP) is 4.52. The average Bonchev–Trinajstić information content (AvgIpc) is 3.02. The Bertz CT molecular complexity index is 1160. The van der Waals surface area contributed by atoms with Crippen molar-refractivity contribution in [2.75, 3.05) is 23.8 Å². The van der Waals surface area contributed by atoms with E-state index in [9.17, 15) is 4.79 Å². The molecule has 2 aromatic heterocycles. The number of hydrogen-bond acceptors (Lipinski definition) is 5. The lowest BCUT2D eigenvalue weighted by Crippen LogP contribution is -2.30. The van der Waals surface area contributed by atoms with Gasteiger partial charge in [-0.25, -0.2) is 9.97 Å². The zero-order valence-electron chi connectivity index (χ0n) is 14.9. The number of furan rings is 1. The van der Waals surface area contributed by atoms with Crippen LogP contribution in [-0.4, -0.2) is 29.5 Å². The molecule has 1 N–H and O–H groups in total. The topological polar surface area (TPSA) is 71.3 Å². The minimum atomic E-state index is -0.134. The maximum Gasteiger partial charge on any atom is 0.243 e. The van der Waals surface area contributed by atoms with Gasteiger partial charge in [0.15, 0.2) is 11.4 Å². The Hall–Kier alpha value is -2.93. The third kappa shape index (κ3) is 3.38. The van der Waals surface area contributed by atoms with Crippen molar-refractivity contribution >= 4 is 55.4 Å². The van der Waals surface area contributed by atoms with Gasteiger partial charge in [-0.2, -0.15) is 0 Å². The van der Waals surface area contributed by atoms with Gasteiger partial charge in [0.1, 0.15) is 17.4 Å². The predicted molar refractivity (Wildman–Crippen MR) is 110 cm³/mol. The van der Waals surface area contributed by atoms with Crippen molar-refractivity contribution in [1.82, 2.24) is 9.97 Å². The molecule has 2 aromatic carbocycles. The van der Waals surface area contributed by atoms with Crippen LogP contribution in [0, 0.1) is 6.92 Å². The Kier molecular flexibility index (Phi) is 4.53. The van der Waals surface area contributed by atoms with E-state index in [0.717, 1.165) is 32.2 Å². The molecule has 6 nitrogen and oxygen atoms in total. The smallest absolute Gasteiger partial charge is 0.243 e. The van der Waals surface area contributed by atoms with Crippen molar-refractivity contribution in [2.45, 2.75) is 6.92 Å². The molecule has 4 aromatic rings. The number of nitrogens with zero attached hydrogens (tertiary/aromatic N) is 3. The second-order valence-electron chi connectivity index (χ2n) is 6.34. The zero-order valence-corrected chi connectivity index (χ0v) is 16.4. The SMILES string of the molecule is Cc1cc(Br)ccc1NC(=O)CN(C)c1ncnc2c1oc1ccccc12. The minimum absolute atomic E-state index is 0.134. The maximum atomic E-state index is 12.5. The molecule has 0 unspecified atom stereocenters. The number of aromatic nitrogens is 2. The highest BCUT2D eigenvalue weighted by atomic mass is 79.9. The molecule has 0 bridgehead atoms. The van der Waals surface area contributed by atoms with Gasteiger partial charge in [0.2, 0.25) is 5.91 Å². The van der Waals surface area contributed by atoms with Crippen LogP contribution < -0.4 is 10.2 Å². The summed E-state index contributed by atoms with van der Waals surface area (Å²) in [4.78, 5) is 22.9. The third-order valence-electron chi connectivity index (χ3n) is 4.34. The first-order valence-corrected chi connectivity index (χ1v) is 9.21. The normalized spacial score (nSPS) is 11.1. The molecule has 4 rings (SSSR count). The Morgan fingerprint density at radius 1 is 1.22 bits per heavy atom. The van der Waals surface area contributed by atoms with Crippen LogP contribution in [0.15, 0.2) is 57.7 Å². The summed E-state index contributed by atoms with van der Waals surface area (Å²) in [6.45, 7) is 2.09. The summed E-state index contributed by atoms with van der Waals surface area (Å²) in [6.07, 6.45) is 1.49. The number of hydrogen-bond donors (Lipinski definition) is 1. The molecule has 0 saturated heterocycles. The lowest BCUT2D eigenvalue weighted by Gasteiger charge is -2.18. The molecule has 0 aliphatic heterocycles. The van der Waals surface area contributed by atoms with Crippen molar-refractivity contribution < 1.29 is 9.21 Å². The lowest BCUT2D eigenvalue weighted by molar-refractivity contribution is -0.114. The number of likely N-dealkylation sites (N-methyl/N-ethyl adjacent to an activating group) is 1. The summed E-state index contributed by atoms with van der Waals surface area (Å²) >= 11 is 3.43. The molecule has 0 aliphatic rings. The van der Waals surface area contributed by atoms with Gasteiger partial charge >= 0.3 is 0 Å². The summed E-state index contributed by atoms with van der Waals surface area (Å²) in [5, 5.41) is 3.87. The number of benzene rings is 2. The van der Waals surface area contributed by atoms with Crippen LogP contribution in [0.25, 0.3) is 22.1 Å². The van der Waals surface area contributed by atoms with Crippen LogP contribution in [0.5, 0.6) is 0 Å². The molecule has 0 radical (unpaired) electrons. The van der Waals surface area contributed by atoms with Crippen molar-refractivity contribution in [3.05, 3.63) is 58.8 Å². The number of amides is 1. The third-order valence-corrected chi connectivity index (χ3v) is 4.84. The van der Waals surface area contributed by atoms with Gasteiger partial charge in [-0.1, -0.05) is 28.1 Å². The summed E-state index contributed by atoms with van der Waals surface area (Å²) in [6, 6.07) is 13.4. The molecule has 7 heteroatoms. The second kappa shape index (κ2) is 7.00. The molecule has 0 atom stereocenters. The fourth-order valence-corrected chi connectivity index (χ4v) is 3.51.